The van der Waals surface area contributed by atoms with Crippen molar-refractivity contribution in [1.29, 1.82) is 0 Å². The van der Waals surface area contributed by atoms with E-state index in [4.69, 9.17) is 17.3 Å². The molecule has 2 unspecified atom stereocenters. The van der Waals surface area contributed by atoms with Gasteiger partial charge in [0.1, 0.15) is 11.9 Å². The Bertz CT molecular complexity index is 344. The molecule has 0 fully saturated rings. The summed E-state index contributed by atoms with van der Waals surface area (Å²) < 4.78 is 13.4. The first-order chi connectivity index (χ1) is 6.45. The zero-order valence-corrected chi connectivity index (χ0v) is 8.29. The van der Waals surface area contributed by atoms with Crippen LogP contribution in [0.1, 0.15) is 18.6 Å². The molecule has 0 aliphatic carbocycles. The van der Waals surface area contributed by atoms with E-state index in [1.54, 1.807) is 0 Å². The van der Waals surface area contributed by atoms with Crippen LogP contribution in [-0.2, 0) is 0 Å². The third-order valence-corrected chi connectivity index (χ3v) is 2.20. The average Bonchev–Trinajstić information content (AvgIpc) is 2.12. The molecule has 2 atom stereocenters. The molecule has 0 saturated carbocycles. The van der Waals surface area contributed by atoms with Crippen molar-refractivity contribution in [2.24, 2.45) is 5.73 Å². The molecule has 0 heterocycles. The highest BCUT2D eigenvalue weighted by molar-refractivity contribution is 6.30. The second-order valence-electron chi connectivity index (χ2n) is 3.10. The van der Waals surface area contributed by atoms with Crippen LogP contribution in [-0.4, -0.2) is 16.3 Å². The highest BCUT2D eigenvalue weighted by atomic mass is 35.5. The lowest BCUT2D eigenvalue weighted by molar-refractivity contribution is 0.145. The van der Waals surface area contributed by atoms with Crippen molar-refractivity contribution < 1.29 is 14.6 Å². The highest BCUT2D eigenvalue weighted by Gasteiger charge is 2.22. The molecular weight excluding hydrogens is 209 g/mol. The van der Waals surface area contributed by atoms with E-state index in [1.165, 1.54) is 19.1 Å². The molecule has 0 bridgehead atoms. The summed E-state index contributed by atoms with van der Waals surface area (Å²) in [6, 6.07) is 1.74. The van der Waals surface area contributed by atoms with E-state index < -0.39 is 18.0 Å². The maximum atomic E-state index is 13.4. The van der Waals surface area contributed by atoms with E-state index in [9.17, 15) is 14.6 Å². The zero-order valence-electron chi connectivity index (χ0n) is 7.54. The van der Waals surface area contributed by atoms with Gasteiger partial charge in [0.2, 0.25) is 0 Å². The molecule has 0 aliphatic heterocycles. The fourth-order valence-electron chi connectivity index (χ4n) is 1.10. The molecule has 5 heteroatoms. The molecule has 4 N–H and O–H groups in total. The van der Waals surface area contributed by atoms with E-state index in [0.29, 0.717) is 0 Å². The predicted molar refractivity (Wildman–Crippen MR) is 51.7 cm³/mol. The Morgan fingerprint density at radius 2 is 2.07 bits per heavy atom. The molecule has 0 aromatic heterocycles. The maximum absolute atomic E-state index is 13.4. The molecular formula is C9H11ClFNO2. The second-order valence-corrected chi connectivity index (χ2v) is 3.51. The molecule has 0 spiro atoms. The largest absolute Gasteiger partial charge is 0.507 e. The van der Waals surface area contributed by atoms with Crippen molar-refractivity contribution in [3.63, 3.8) is 0 Å². The topological polar surface area (TPSA) is 66.5 Å². The lowest BCUT2D eigenvalue weighted by Crippen LogP contribution is -2.25. The Balaban J connectivity index is 3.25. The molecule has 0 radical (unpaired) electrons. The van der Waals surface area contributed by atoms with Crippen LogP contribution >= 0.6 is 11.6 Å². The Labute approximate surface area is 85.9 Å². The average molecular weight is 220 g/mol. The summed E-state index contributed by atoms with van der Waals surface area (Å²) in [5.41, 5.74) is 5.13. The van der Waals surface area contributed by atoms with Gasteiger partial charge in [-0.15, -0.1) is 0 Å². The monoisotopic (exact) mass is 219 g/mol. The summed E-state index contributed by atoms with van der Waals surface area (Å²) >= 11 is 5.50. The van der Waals surface area contributed by atoms with Crippen LogP contribution in [0.2, 0.25) is 5.02 Å². The Morgan fingerprint density at radius 1 is 1.50 bits per heavy atom. The summed E-state index contributed by atoms with van der Waals surface area (Å²) in [4.78, 5) is 0. The Kier molecular flexibility index (Phi) is 3.31. The van der Waals surface area contributed by atoms with Gasteiger partial charge < -0.3 is 15.9 Å². The third kappa shape index (κ3) is 1.97. The Hall–Kier alpha value is -0.840. The molecule has 1 aromatic carbocycles. The van der Waals surface area contributed by atoms with E-state index >= 15 is 0 Å². The summed E-state index contributed by atoms with van der Waals surface area (Å²) in [6.07, 6.45) is -1.27. The smallest absolute Gasteiger partial charge is 0.151 e. The molecule has 3 nitrogen and oxygen atoms in total. The number of nitrogens with two attached hydrogens (primary N) is 1. The van der Waals surface area contributed by atoms with Crippen LogP contribution in [0.5, 0.6) is 5.75 Å². The van der Waals surface area contributed by atoms with Crippen molar-refractivity contribution in [1.82, 2.24) is 0 Å². The van der Waals surface area contributed by atoms with Crippen LogP contribution in [0.3, 0.4) is 0 Å². The number of aromatic hydroxyl groups is 1. The van der Waals surface area contributed by atoms with Crippen molar-refractivity contribution in [3.8, 4) is 5.75 Å². The van der Waals surface area contributed by atoms with Crippen LogP contribution in [0, 0.1) is 5.82 Å². The van der Waals surface area contributed by atoms with E-state index in [2.05, 4.69) is 0 Å². The van der Waals surface area contributed by atoms with Crippen molar-refractivity contribution >= 4 is 11.6 Å². The minimum absolute atomic E-state index is 0.155. The van der Waals surface area contributed by atoms with Gasteiger partial charge in [0.15, 0.2) is 5.82 Å². The van der Waals surface area contributed by atoms with Crippen molar-refractivity contribution in [2.45, 2.75) is 19.1 Å². The standard InChI is InChI=1S/C9H11ClFNO2/c1-4(12)9(14)7-6(13)3-2-5(10)8(7)11/h2-4,9,13-14H,12H2,1H3. The van der Waals surface area contributed by atoms with Crippen LogP contribution in [0.4, 0.5) is 4.39 Å². The van der Waals surface area contributed by atoms with Gasteiger partial charge in [-0.05, 0) is 19.1 Å². The van der Waals surface area contributed by atoms with E-state index in [-0.39, 0.29) is 16.3 Å². The fourth-order valence-corrected chi connectivity index (χ4v) is 1.27. The lowest BCUT2D eigenvalue weighted by Gasteiger charge is -2.17. The maximum Gasteiger partial charge on any atom is 0.151 e. The number of rotatable bonds is 2. The van der Waals surface area contributed by atoms with Crippen molar-refractivity contribution in [3.05, 3.63) is 28.5 Å². The highest BCUT2D eigenvalue weighted by Crippen LogP contribution is 2.32. The van der Waals surface area contributed by atoms with E-state index in [1.807, 2.05) is 0 Å². The molecule has 14 heavy (non-hydrogen) atoms. The number of aliphatic hydroxyl groups excluding tert-OH is 1. The lowest BCUT2D eigenvalue weighted by atomic mass is 10.0. The quantitative estimate of drug-likeness (QED) is 0.707. The molecule has 1 aromatic rings. The van der Waals surface area contributed by atoms with Gasteiger partial charge in [-0.3, -0.25) is 0 Å². The summed E-state index contributed by atoms with van der Waals surface area (Å²) in [6.45, 7) is 1.50. The first-order valence-electron chi connectivity index (χ1n) is 4.05. The molecule has 1 rings (SSSR count). The molecule has 0 amide bonds. The normalized spacial score (nSPS) is 15.2. The van der Waals surface area contributed by atoms with Gasteiger partial charge in [-0.25, -0.2) is 4.39 Å². The van der Waals surface area contributed by atoms with Crippen LogP contribution < -0.4 is 5.73 Å². The predicted octanol–water partition coefficient (Wildman–Crippen LogP) is 1.57. The van der Waals surface area contributed by atoms with Gasteiger partial charge in [0, 0.05) is 6.04 Å². The summed E-state index contributed by atoms with van der Waals surface area (Å²) in [5.74, 6) is -1.19. The third-order valence-electron chi connectivity index (χ3n) is 1.90. The van der Waals surface area contributed by atoms with Gasteiger partial charge in [0.05, 0.1) is 10.6 Å². The first kappa shape index (κ1) is 11.2. The number of phenols is 1. The molecule has 78 valence electrons. The number of phenolic OH excluding ortho intramolecular Hbond substituents is 1. The number of hydrogen-bond acceptors (Lipinski definition) is 3. The van der Waals surface area contributed by atoms with E-state index in [0.717, 1.165) is 0 Å². The minimum atomic E-state index is -1.27. The second kappa shape index (κ2) is 4.13. The summed E-state index contributed by atoms with van der Waals surface area (Å²) in [5, 5.41) is 18.7. The van der Waals surface area contributed by atoms with Crippen LogP contribution in [0.25, 0.3) is 0 Å². The van der Waals surface area contributed by atoms with Gasteiger partial charge in [-0.2, -0.15) is 0 Å². The first-order valence-corrected chi connectivity index (χ1v) is 4.43. The number of aliphatic hydroxyl groups is 1. The zero-order chi connectivity index (χ0) is 10.9. The number of hydrogen-bond donors (Lipinski definition) is 3. The SMILES string of the molecule is CC(N)C(O)c1c(O)ccc(Cl)c1F. The van der Waals surface area contributed by atoms with Gasteiger partial charge in [0.25, 0.3) is 0 Å². The number of benzene rings is 1. The van der Waals surface area contributed by atoms with Gasteiger partial charge in [-0.1, -0.05) is 11.6 Å². The van der Waals surface area contributed by atoms with Crippen molar-refractivity contribution in [2.75, 3.05) is 0 Å². The molecule has 0 saturated heterocycles. The Morgan fingerprint density at radius 3 is 2.57 bits per heavy atom. The van der Waals surface area contributed by atoms with Crippen LogP contribution in [0.15, 0.2) is 12.1 Å². The number of halogens is 2. The summed E-state index contributed by atoms with van der Waals surface area (Å²) in [7, 11) is 0. The van der Waals surface area contributed by atoms with Gasteiger partial charge >= 0.3 is 0 Å². The fraction of sp³-hybridized carbons (Fsp3) is 0.333. The minimum Gasteiger partial charge on any atom is -0.507 e. The molecule has 0 aliphatic rings.